The van der Waals surface area contributed by atoms with Crippen LogP contribution in [0.5, 0.6) is 0 Å². The SMILES string of the molecule is O=C(NC1CCN(Cc2ccc(Cl)c(Cl)c2)CC1)C1CCCNC1. The first kappa shape index (κ1) is 18.0. The van der Waals surface area contributed by atoms with Crippen LogP contribution in [0.4, 0.5) is 0 Å². The summed E-state index contributed by atoms with van der Waals surface area (Å²) in [7, 11) is 0. The quantitative estimate of drug-likeness (QED) is 0.856. The highest BCUT2D eigenvalue weighted by Gasteiger charge is 2.25. The highest BCUT2D eigenvalue weighted by atomic mass is 35.5. The number of nitrogens with one attached hydrogen (secondary N) is 2. The van der Waals surface area contributed by atoms with Crippen molar-refractivity contribution in [3.05, 3.63) is 33.8 Å². The van der Waals surface area contributed by atoms with Crippen molar-refractivity contribution < 1.29 is 4.79 Å². The van der Waals surface area contributed by atoms with Gasteiger partial charge in [-0.1, -0.05) is 29.3 Å². The Morgan fingerprint density at radius 2 is 2.00 bits per heavy atom. The van der Waals surface area contributed by atoms with Gasteiger partial charge in [-0.25, -0.2) is 0 Å². The van der Waals surface area contributed by atoms with E-state index in [2.05, 4.69) is 15.5 Å². The largest absolute Gasteiger partial charge is 0.353 e. The van der Waals surface area contributed by atoms with E-state index in [0.29, 0.717) is 16.1 Å². The fraction of sp³-hybridized carbons (Fsp3) is 0.611. The molecule has 3 rings (SSSR count). The summed E-state index contributed by atoms with van der Waals surface area (Å²) in [5, 5.41) is 7.76. The number of piperidine rings is 2. The van der Waals surface area contributed by atoms with E-state index in [-0.39, 0.29) is 11.8 Å². The third-order valence-electron chi connectivity index (χ3n) is 4.99. The molecule has 2 aliphatic heterocycles. The van der Waals surface area contributed by atoms with Gasteiger partial charge in [-0.15, -0.1) is 0 Å². The summed E-state index contributed by atoms with van der Waals surface area (Å²) >= 11 is 12.0. The van der Waals surface area contributed by atoms with E-state index in [0.717, 1.165) is 58.4 Å². The molecule has 2 N–H and O–H groups in total. The van der Waals surface area contributed by atoms with Crippen LogP contribution in [0, 0.1) is 5.92 Å². The van der Waals surface area contributed by atoms with Gasteiger partial charge in [0, 0.05) is 32.2 Å². The summed E-state index contributed by atoms with van der Waals surface area (Å²) in [5.41, 5.74) is 1.18. The zero-order valence-corrected chi connectivity index (χ0v) is 15.4. The molecule has 2 aliphatic rings. The van der Waals surface area contributed by atoms with Crippen molar-refractivity contribution in [2.24, 2.45) is 5.92 Å². The van der Waals surface area contributed by atoms with Crippen molar-refractivity contribution in [1.82, 2.24) is 15.5 Å². The number of carbonyl (C=O) groups excluding carboxylic acids is 1. The molecule has 1 aromatic rings. The van der Waals surface area contributed by atoms with Gasteiger partial charge in [-0.2, -0.15) is 0 Å². The molecule has 0 radical (unpaired) electrons. The molecular weight excluding hydrogens is 345 g/mol. The third kappa shape index (κ3) is 4.85. The number of carbonyl (C=O) groups is 1. The van der Waals surface area contributed by atoms with Gasteiger partial charge in [-0.3, -0.25) is 9.69 Å². The van der Waals surface area contributed by atoms with E-state index in [9.17, 15) is 4.79 Å². The van der Waals surface area contributed by atoms with Crippen LogP contribution in [0.15, 0.2) is 18.2 Å². The monoisotopic (exact) mass is 369 g/mol. The Hall–Kier alpha value is -0.810. The zero-order chi connectivity index (χ0) is 16.9. The fourth-order valence-electron chi connectivity index (χ4n) is 3.53. The van der Waals surface area contributed by atoms with Crippen molar-refractivity contribution in [2.45, 2.75) is 38.3 Å². The molecular formula is C18H25Cl2N3O. The van der Waals surface area contributed by atoms with Crippen LogP contribution in [-0.4, -0.2) is 43.0 Å². The average Bonchev–Trinajstić information content (AvgIpc) is 2.61. The molecule has 2 heterocycles. The maximum atomic E-state index is 12.3. The number of rotatable bonds is 4. The minimum Gasteiger partial charge on any atom is -0.353 e. The maximum Gasteiger partial charge on any atom is 0.224 e. The second-order valence-electron chi connectivity index (χ2n) is 6.85. The molecule has 1 unspecified atom stereocenters. The van der Waals surface area contributed by atoms with Crippen LogP contribution in [-0.2, 0) is 11.3 Å². The van der Waals surface area contributed by atoms with Crippen LogP contribution in [0.3, 0.4) is 0 Å². The lowest BCUT2D eigenvalue weighted by atomic mass is 9.97. The number of benzene rings is 1. The predicted octanol–water partition coefficient (Wildman–Crippen LogP) is 3.07. The van der Waals surface area contributed by atoms with Crippen LogP contribution < -0.4 is 10.6 Å². The van der Waals surface area contributed by atoms with E-state index < -0.39 is 0 Å². The lowest BCUT2D eigenvalue weighted by Crippen LogP contribution is -2.48. The molecule has 1 atom stereocenters. The van der Waals surface area contributed by atoms with Gasteiger partial charge in [0.25, 0.3) is 0 Å². The van der Waals surface area contributed by atoms with Crippen LogP contribution in [0.2, 0.25) is 10.0 Å². The molecule has 0 aromatic heterocycles. The second kappa shape index (κ2) is 8.52. The number of nitrogens with zero attached hydrogens (tertiary/aromatic N) is 1. The van der Waals surface area contributed by atoms with Crippen LogP contribution >= 0.6 is 23.2 Å². The normalized spacial score (nSPS) is 23.2. The van der Waals surface area contributed by atoms with Crippen LogP contribution in [0.1, 0.15) is 31.2 Å². The van der Waals surface area contributed by atoms with Crippen molar-refractivity contribution in [2.75, 3.05) is 26.2 Å². The summed E-state index contributed by atoms with van der Waals surface area (Å²) in [5.74, 6) is 0.373. The van der Waals surface area contributed by atoms with Crippen molar-refractivity contribution in [3.63, 3.8) is 0 Å². The topological polar surface area (TPSA) is 44.4 Å². The first-order chi connectivity index (χ1) is 11.6. The van der Waals surface area contributed by atoms with Gasteiger partial charge in [0.15, 0.2) is 0 Å². The lowest BCUT2D eigenvalue weighted by molar-refractivity contribution is -0.126. The second-order valence-corrected chi connectivity index (χ2v) is 7.67. The number of hydrogen-bond donors (Lipinski definition) is 2. The molecule has 132 valence electrons. The summed E-state index contributed by atoms with van der Waals surface area (Å²) in [4.78, 5) is 14.7. The number of amides is 1. The molecule has 24 heavy (non-hydrogen) atoms. The van der Waals surface area contributed by atoms with Gasteiger partial charge < -0.3 is 10.6 Å². The molecule has 2 fully saturated rings. The Labute approximate surface area is 153 Å². The fourth-order valence-corrected chi connectivity index (χ4v) is 3.85. The minimum atomic E-state index is 0.146. The molecule has 2 saturated heterocycles. The molecule has 4 nitrogen and oxygen atoms in total. The highest BCUT2D eigenvalue weighted by Crippen LogP contribution is 2.24. The zero-order valence-electron chi connectivity index (χ0n) is 13.9. The van der Waals surface area contributed by atoms with Crippen molar-refractivity contribution in [3.8, 4) is 0 Å². The summed E-state index contributed by atoms with van der Waals surface area (Å²) in [6.07, 6.45) is 4.12. The summed E-state index contributed by atoms with van der Waals surface area (Å²) in [6.45, 7) is 4.73. The molecule has 0 spiro atoms. The van der Waals surface area contributed by atoms with Crippen LogP contribution in [0.25, 0.3) is 0 Å². The van der Waals surface area contributed by atoms with Crippen molar-refractivity contribution in [1.29, 1.82) is 0 Å². The first-order valence-corrected chi connectivity index (χ1v) is 9.55. The standard InChI is InChI=1S/C18H25Cl2N3O/c19-16-4-3-13(10-17(16)20)12-23-8-5-15(6-9-23)22-18(24)14-2-1-7-21-11-14/h3-4,10,14-15,21H,1-2,5-9,11-12H2,(H,22,24). The number of halogens is 2. The van der Waals surface area contributed by atoms with E-state index >= 15 is 0 Å². The van der Waals surface area contributed by atoms with E-state index in [1.54, 1.807) is 0 Å². The maximum absolute atomic E-state index is 12.3. The Bertz CT molecular complexity index is 567. The Balaban J connectivity index is 1.43. The van der Waals surface area contributed by atoms with Gasteiger partial charge in [-0.05, 0) is 49.9 Å². The first-order valence-electron chi connectivity index (χ1n) is 8.79. The van der Waals surface area contributed by atoms with Gasteiger partial charge >= 0.3 is 0 Å². The van der Waals surface area contributed by atoms with Gasteiger partial charge in [0.1, 0.15) is 0 Å². The summed E-state index contributed by atoms with van der Waals surface area (Å²) < 4.78 is 0. The average molecular weight is 370 g/mol. The Morgan fingerprint density at radius 3 is 2.67 bits per heavy atom. The molecule has 6 heteroatoms. The molecule has 1 aromatic carbocycles. The molecule has 1 amide bonds. The molecule has 0 saturated carbocycles. The highest BCUT2D eigenvalue weighted by molar-refractivity contribution is 6.42. The van der Waals surface area contributed by atoms with E-state index in [4.69, 9.17) is 23.2 Å². The molecule has 0 aliphatic carbocycles. The summed E-state index contributed by atoms with van der Waals surface area (Å²) in [6, 6.07) is 6.13. The predicted molar refractivity (Wildman–Crippen MR) is 98.5 cm³/mol. The Morgan fingerprint density at radius 1 is 1.21 bits per heavy atom. The van der Waals surface area contributed by atoms with Gasteiger partial charge in [0.2, 0.25) is 5.91 Å². The number of likely N-dealkylation sites (tertiary alicyclic amines) is 1. The lowest BCUT2D eigenvalue weighted by Gasteiger charge is -2.33. The third-order valence-corrected chi connectivity index (χ3v) is 5.73. The smallest absolute Gasteiger partial charge is 0.224 e. The minimum absolute atomic E-state index is 0.146. The van der Waals surface area contributed by atoms with E-state index in [1.165, 1.54) is 5.56 Å². The van der Waals surface area contributed by atoms with Crippen molar-refractivity contribution >= 4 is 29.1 Å². The molecule has 0 bridgehead atoms. The Kier molecular flexibility index (Phi) is 6.39. The van der Waals surface area contributed by atoms with E-state index in [1.807, 2.05) is 18.2 Å². The number of hydrogen-bond acceptors (Lipinski definition) is 3. The van der Waals surface area contributed by atoms with Gasteiger partial charge in [0.05, 0.1) is 16.0 Å².